The monoisotopic (exact) mass is 443 g/mol. The fraction of sp³-hybridized carbons (Fsp3) is 0.759. The predicted molar refractivity (Wildman–Crippen MR) is 137 cm³/mol. The number of hydrogen-bond acceptors (Lipinski definition) is 2. The maximum atomic E-state index is 12.8. The first-order valence-electron chi connectivity index (χ1n) is 13.3. The summed E-state index contributed by atoms with van der Waals surface area (Å²) < 4.78 is 5.91. The predicted octanol–water partition coefficient (Wildman–Crippen LogP) is 8.63. The molecule has 0 aromatic heterocycles. The second-order valence-electron chi connectivity index (χ2n) is 11.3. The lowest BCUT2D eigenvalue weighted by atomic mass is 9.64. The van der Waals surface area contributed by atoms with Gasteiger partial charge in [0.15, 0.2) is 0 Å². The largest absolute Gasteiger partial charge is 0.412 e. The molecular weight excluding hydrogens is 394 g/mol. The van der Waals surface area contributed by atoms with Crippen molar-refractivity contribution in [1.82, 2.24) is 5.32 Å². The van der Waals surface area contributed by atoms with E-state index in [0.717, 1.165) is 31.4 Å². The van der Waals surface area contributed by atoms with Gasteiger partial charge >= 0.3 is 6.09 Å². The number of aryl methyl sites for hydroxylation is 1. The Morgan fingerprint density at radius 3 is 2.28 bits per heavy atom. The van der Waals surface area contributed by atoms with Crippen molar-refractivity contribution in [3.63, 3.8) is 0 Å². The summed E-state index contributed by atoms with van der Waals surface area (Å²) in [6, 6.07) is 6.27. The quantitative estimate of drug-likeness (QED) is 0.310. The minimum Gasteiger partial charge on any atom is -0.410 e. The molecule has 1 unspecified atom stereocenters. The Balaban J connectivity index is 2.01. The van der Waals surface area contributed by atoms with Crippen molar-refractivity contribution < 1.29 is 9.53 Å². The molecule has 0 saturated heterocycles. The molecule has 0 aliphatic heterocycles. The molecule has 1 aromatic carbocycles. The van der Waals surface area contributed by atoms with E-state index in [0.29, 0.717) is 12.0 Å². The first kappa shape index (κ1) is 26.7. The van der Waals surface area contributed by atoms with Crippen molar-refractivity contribution in [1.29, 1.82) is 0 Å². The van der Waals surface area contributed by atoms with Crippen LogP contribution in [0.1, 0.15) is 123 Å². The van der Waals surface area contributed by atoms with Crippen molar-refractivity contribution >= 4 is 6.09 Å². The van der Waals surface area contributed by atoms with Gasteiger partial charge < -0.3 is 10.1 Å². The number of ether oxygens (including phenoxy) is 1. The highest BCUT2D eigenvalue weighted by molar-refractivity contribution is 5.71. The van der Waals surface area contributed by atoms with E-state index in [-0.39, 0.29) is 11.5 Å². The Kier molecular flexibility index (Phi) is 11.1. The van der Waals surface area contributed by atoms with Gasteiger partial charge in [0, 0.05) is 6.54 Å². The highest BCUT2D eigenvalue weighted by atomic mass is 16.6. The normalized spacial score (nSPS) is 20.2. The average Bonchev–Trinajstić information content (AvgIpc) is 2.73. The fourth-order valence-corrected chi connectivity index (χ4v) is 5.59. The molecule has 182 valence electrons. The molecule has 1 N–H and O–H groups in total. The topological polar surface area (TPSA) is 38.3 Å². The molecule has 1 aliphatic rings. The summed E-state index contributed by atoms with van der Waals surface area (Å²) in [6.07, 6.45) is 16.5. The minimum atomic E-state index is -0.299. The number of hydrogen-bond donors (Lipinski definition) is 1. The van der Waals surface area contributed by atoms with Crippen LogP contribution < -0.4 is 10.1 Å². The Bertz CT molecular complexity index is 696. The highest BCUT2D eigenvalue weighted by Crippen LogP contribution is 2.45. The second-order valence-corrected chi connectivity index (χ2v) is 11.3. The minimum absolute atomic E-state index is 0.158. The number of nitrogens with one attached hydrogen (secondary N) is 1. The third kappa shape index (κ3) is 9.16. The van der Waals surface area contributed by atoms with E-state index in [1.54, 1.807) is 0 Å². The summed E-state index contributed by atoms with van der Waals surface area (Å²) in [4.78, 5) is 12.8. The van der Waals surface area contributed by atoms with Crippen molar-refractivity contribution in [3.8, 4) is 5.75 Å². The summed E-state index contributed by atoms with van der Waals surface area (Å²) in [6.45, 7) is 12.2. The molecule has 3 nitrogen and oxygen atoms in total. The van der Waals surface area contributed by atoms with Crippen LogP contribution in [-0.2, 0) is 12.8 Å². The molecule has 0 bridgehead atoms. The maximum absolute atomic E-state index is 12.8. The van der Waals surface area contributed by atoms with E-state index in [2.05, 4.69) is 52.1 Å². The highest BCUT2D eigenvalue weighted by Gasteiger charge is 2.36. The molecule has 2 rings (SSSR count). The molecule has 1 aromatic rings. The van der Waals surface area contributed by atoms with Gasteiger partial charge in [-0.05, 0) is 73.0 Å². The van der Waals surface area contributed by atoms with Crippen LogP contribution in [0.5, 0.6) is 5.75 Å². The van der Waals surface area contributed by atoms with E-state index in [1.807, 2.05) is 6.07 Å². The molecule has 1 fully saturated rings. The van der Waals surface area contributed by atoms with E-state index < -0.39 is 0 Å². The number of carbonyl (C=O) groups is 1. The fourth-order valence-electron chi connectivity index (χ4n) is 5.59. The lowest BCUT2D eigenvalue weighted by molar-refractivity contribution is 0.0969. The van der Waals surface area contributed by atoms with Gasteiger partial charge in [-0.1, -0.05) is 91.7 Å². The van der Waals surface area contributed by atoms with E-state index in [9.17, 15) is 4.79 Å². The second kappa shape index (κ2) is 13.3. The summed E-state index contributed by atoms with van der Waals surface area (Å²) in [7, 11) is 0. The molecule has 1 amide bonds. The van der Waals surface area contributed by atoms with E-state index >= 15 is 0 Å². The molecule has 1 saturated carbocycles. The van der Waals surface area contributed by atoms with Crippen LogP contribution in [0, 0.1) is 10.8 Å². The van der Waals surface area contributed by atoms with E-state index in [1.165, 1.54) is 75.3 Å². The maximum Gasteiger partial charge on any atom is 0.412 e. The Morgan fingerprint density at radius 1 is 0.938 bits per heavy atom. The van der Waals surface area contributed by atoms with Crippen molar-refractivity contribution in [2.24, 2.45) is 10.8 Å². The molecule has 0 spiro atoms. The van der Waals surface area contributed by atoms with Gasteiger partial charge in [0.2, 0.25) is 0 Å². The van der Waals surface area contributed by atoms with Gasteiger partial charge in [-0.15, -0.1) is 0 Å². The summed E-state index contributed by atoms with van der Waals surface area (Å²) >= 11 is 0. The van der Waals surface area contributed by atoms with Crippen molar-refractivity contribution in [3.05, 3.63) is 29.3 Å². The zero-order valence-corrected chi connectivity index (χ0v) is 21.7. The molecular formula is C29H49NO2. The SMILES string of the molecule is CCCCCCc1cccc(OC(=O)NCC2(C)CCCC(C)(C)C2)c1CCCCCC. The van der Waals surface area contributed by atoms with Crippen LogP contribution in [0.25, 0.3) is 0 Å². The van der Waals surface area contributed by atoms with Gasteiger partial charge in [-0.25, -0.2) is 4.79 Å². The van der Waals surface area contributed by atoms with Crippen LogP contribution in [0.2, 0.25) is 0 Å². The van der Waals surface area contributed by atoms with Gasteiger partial charge in [-0.2, -0.15) is 0 Å². The third-order valence-corrected chi connectivity index (χ3v) is 7.21. The zero-order valence-electron chi connectivity index (χ0n) is 21.7. The van der Waals surface area contributed by atoms with Crippen molar-refractivity contribution in [2.45, 2.75) is 125 Å². The molecule has 1 aliphatic carbocycles. The summed E-state index contributed by atoms with van der Waals surface area (Å²) in [5, 5.41) is 3.10. The number of rotatable bonds is 13. The number of benzene rings is 1. The molecule has 3 heteroatoms. The van der Waals surface area contributed by atoms with Crippen LogP contribution in [0.3, 0.4) is 0 Å². The summed E-state index contributed by atoms with van der Waals surface area (Å²) in [5.74, 6) is 0.765. The van der Waals surface area contributed by atoms with E-state index in [4.69, 9.17) is 4.74 Å². The first-order chi connectivity index (χ1) is 15.3. The zero-order chi connectivity index (χ0) is 23.5. The van der Waals surface area contributed by atoms with Gasteiger partial charge in [-0.3, -0.25) is 0 Å². The number of unbranched alkanes of at least 4 members (excludes halogenated alkanes) is 6. The van der Waals surface area contributed by atoms with Gasteiger partial charge in [0.1, 0.15) is 5.75 Å². The Hall–Kier alpha value is -1.51. The standard InChI is InChI=1S/C29H49NO2/c1-6-8-10-12-16-24-17-14-19-26(25(24)18-13-11-9-7-2)32-27(31)30-23-29(5)21-15-20-28(3,4)22-29/h14,17,19H,6-13,15-16,18,20-23H2,1-5H3,(H,30,31). The smallest absolute Gasteiger partial charge is 0.410 e. The lowest BCUT2D eigenvalue weighted by Crippen LogP contribution is -2.41. The Morgan fingerprint density at radius 2 is 1.62 bits per heavy atom. The van der Waals surface area contributed by atoms with Gasteiger partial charge in [0.05, 0.1) is 0 Å². The van der Waals surface area contributed by atoms with Crippen molar-refractivity contribution in [2.75, 3.05) is 6.54 Å². The van der Waals surface area contributed by atoms with Crippen LogP contribution in [0.15, 0.2) is 18.2 Å². The number of carbonyl (C=O) groups excluding carboxylic acids is 1. The number of amides is 1. The first-order valence-corrected chi connectivity index (χ1v) is 13.3. The molecule has 0 heterocycles. The van der Waals surface area contributed by atoms with Crippen LogP contribution >= 0.6 is 0 Å². The summed E-state index contributed by atoms with van der Waals surface area (Å²) in [5.41, 5.74) is 3.13. The Labute approximate surface area is 198 Å². The van der Waals surface area contributed by atoms with Gasteiger partial charge in [0.25, 0.3) is 0 Å². The molecule has 32 heavy (non-hydrogen) atoms. The molecule has 0 radical (unpaired) electrons. The van der Waals surface area contributed by atoms with Crippen LogP contribution in [-0.4, -0.2) is 12.6 Å². The average molecular weight is 444 g/mol. The lowest BCUT2D eigenvalue weighted by Gasteiger charge is -2.42. The van der Waals surface area contributed by atoms with Crippen LogP contribution in [0.4, 0.5) is 4.79 Å². The third-order valence-electron chi connectivity index (χ3n) is 7.21. The molecule has 1 atom stereocenters.